The molecule has 132 valence electrons. The molecule has 25 heavy (non-hydrogen) atoms. The second-order valence-corrected chi connectivity index (χ2v) is 6.61. The molecule has 0 N–H and O–H groups in total. The number of anilines is 1. The maximum Gasteiger partial charge on any atom is 0.228 e. The van der Waals surface area contributed by atoms with Crippen LogP contribution in [-0.2, 0) is 11.8 Å². The van der Waals surface area contributed by atoms with Crippen molar-refractivity contribution in [3.8, 4) is 5.88 Å². The van der Waals surface area contributed by atoms with Crippen molar-refractivity contribution in [2.45, 2.75) is 12.3 Å². The molecular weight excluding hydrogens is 320 g/mol. The summed E-state index contributed by atoms with van der Waals surface area (Å²) in [6, 6.07) is 1.73. The molecule has 2 fully saturated rings. The molecule has 1 amide bonds. The Hall–Kier alpha value is -2.64. The van der Waals surface area contributed by atoms with Gasteiger partial charge in [0.05, 0.1) is 13.3 Å². The molecule has 1 aliphatic carbocycles. The Morgan fingerprint density at radius 3 is 2.76 bits per heavy atom. The lowest BCUT2D eigenvalue weighted by atomic mass is 10.1. The van der Waals surface area contributed by atoms with Crippen LogP contribution in [0.15, 0.2) is 24.7 Å². The molecule has 4 rings (SSSR count). The molecule has 1 saturated heterocycles. The van der Waals surface area contributed by atoms with Crippen LogP contribution >= 0.6 is 0 Å². The second-order valence-electron chi connectivity index (χ2n) is 6.61. The number of piperazine rings is 1. The number of ether oxygens (including phenoxy) is 1. The molecule has 1 aliphatic heterocycles. The van der Waals surface area contributed by atoms with Crippen molar-refractivity contribution in [1.29, 1.82) is 0 Å². The largest absolute Gasteiger partial charge is 0.481 e. The van der Waals surface area contributed by atoms with Gasteiger partial charge < -0.3 is 14.5 Å². The van der Waals surface area contributed by atoms with E-state index in [4.69, 9.17) is 4.74 Å². The molecular formula is C17H22N6O2. The van der Waals surface area contributed by atoms with E-state index in [0.717, 1.165) is 19.5 Å². The first-order chi connectivity index (χ1) is 12.2. The van der Waals surface area contributed by atoms with E-state index in [2.05, 4.69) is 20.0 Å². The highest BCUT2D eigenvalue weighted by atomic mass is 16.5. The van der Waals surface area contributed by atoms with Crippen LogP contribution < -0.4 is 9.64 Å². The van der Waals surface area contributed by atoms with Crippen LogP contribution in [0.3, 0.4) is 0 Å². The fourth-order valence-corrected chi connectivity index (χ4v) is 3.43. The predicted molar refractivity (Wildman–Crippen MR) is 91.4 cm³/mol. The summed E-state index contributed by atoms with van der Waals surface area (Å²) in [4.78, 5) is 25.5. The minimum Gasteiger partial charge on any atom is -0.481 e. The van der Waals surface area contributed by atoms with Gasteiger partial charge in [0.2, 0.25) is 17.7 Å². The fraction of sp³-hybridized carbons (Fsp3) is 0.529. The van der Waals surface area contributed by atoms with Crippen LogP contribution in [0.1, 0.15) is 17.9 Å². The topological polar surface area (TPSA) is 76.4 Å². The molecule has 0 bridgehead atoms. The number of methoxy groups -OCH3 is 1. The minimum atomic E-state index is 0.115. The number of carbonyl (C=O) groups excluding carboxylic acids is 1. The Kier molecular flexibility index (Phi) is 4.03. The van der Waals surface area contributed by atoms with E-state index < -0.39 is 0 Å². The lowest BCUT2D eigenvalue weighted by Crippen LogP contribution is -2.49. The Labute approximate surface area is 146 Å². The van der Waals surface area contributed by atoms with Crippen molar-refractivity contribution in [3.05, 3.63) is 30.2 Å². The number of nitrogens with zero attached hydrogens (tertiary/aromatic N) is 6. The summed E-state index contributed by atoms with van der Waals surface area (Å²) in [5, 5.41) is 4.20. The number of carbonyl (C=O) groups is 1. The van der Waals surface area contributed by atoms with E-state index in [-0.39, 0.29) is 11.8 Å². The van der Waals surface area contributed by atoms with Crippen LogP contribution in [0.5, 0.6) is 5.88 Å². The van der Waals surface area contributed by atoms with Crippen LogP contribution in [0, 0.1) is 5.92 Å². The lowest BCUT2D eigenvalue weighted by molar-refractivity contribution is -0.133. The quantitative estimate of drug-likeness (QED) is 0.813. The first-order valence-corrected chi connectivity index (χ1v) is 8.55. The third-order valence-electron chi connectivity index (χ3n) is 4.96. The van der Waals surface area contributed by atoms with E-state index in [9.17, 15) is 4.79 Å². The van der Waals surface area contributed by atoms with Gasteiger partial charge in [-0.3, -0.25) is 9.48 Å². The highest BCUT2D eigenvalue weighted by molar-refractivity contribution is 5.83. The molecule has 2 aliphatic rings. The van der Waals surface area contributed by atoms with Crippen molar-refractivity contribution in [2.75, 3.05) is 38.2 Å². The molecule has 0 aromatic carbocycles. The van der Waals surface area contributed by atoms with Gasteiger partial charge in [0.1, 0.15) is 0 Å². The van der Waals surface area contributed by atoms with Crippen molar-refractivity contribution >= 4 is 11.9 Å². The maximum atomic E-state index is 12.7. The van der Waals surface area contributed by atoms with E-state index in [1.807, 2.05) is 24.3 Å². The van der Waals surface area contributed by atoms with Gasteiger partial charge in [-0.2, -0.15) is 10.1 Å². The number of aromatic nitrogens is 4. The second kappa shape index (κ2) is 6.34. The van der Waals surface area contributed by atoms with Gasteiger partial charge in [0, 0.05) is 57.6 Å². The summed E-state index contributed by atoms with van der Waals surface area (Å²) in [6.07, 6.45) is 6.51. The highest BCUT2D eigenvalue weighted by Gasteiger charge is 2.46. The molecule has 2 aromatic heterocycles. The van der Waals surface area contributed by atoms with E-state index >= 15 is 0 Å². The Balaban J connectivity index is 1.33. The predicted octanol–water partition coefficient (Wildman–Crippen LogP) is 0.671. The third-order valence-corrected chi connectivity index (χ3v) is 4.96. The first kappa shape index (κ1) is 15.9. The zero-order valence-corrected chi connectivity index (χ0v) is 14.5. The van der Waals surface area contributed by atoms with Crippen LogP contribution in [0.4, 0.5) is 5.95 Å². The molecule has 0 radical (unpaired) electrons. The first-order valence-electron chi connectivity index (χ1n) is 8.55. The SMILES string of the molecule is COc1ccnc(N2CCN(C(=O)[C@H]3C[C@@H]3c3cnn(C)c3)CC2)n1. The summed E-state index contributed by atoms with van der Waals surface area (Å²) in [7, 11) is 3.50. The van der Waals surface area contributed by atoms with Gasteiger partial charge in [-0.15, -0.1) is 0 Å². The van der Waals surface area contributed by atoms with Gasteiger partial charge in [0.25, 0.3) is 0 Å². The number of hydrogen-bond donors (Lipinski definition) is 0. The third kappa shape index (κ3) is 3.16. The normalized spacial score (nSPS) is 22.8. The summed E-state index contributed by atoms with van der Waals surface area (Å²) < 4.78 is 6.94. The molecule has 2 aromatic rings. The minimum absolute atomic E-state index is 0.115. The van der Waals surface area contributed by atoms with E-state index in [1.54, 1.807) is 24.1 Å². The van der Waals surface area contributed by atoms with Crippen molar-refractivity contribution < 1.29 is 9.53 Å². The number of amides is 1. The van der Waals surface area contributed by atoms with E-state index in [1.165, 1.54) is 5.56 Å². The van der Waals surface area contributed by atoms with E-state index in [0.29, 0.717) is 30.8 Å². The highest BCUT2D eigenvalue weighted by Crippen LogP contribution is 2.48. The standard InChI is InChI=1S/C17H22N6O2/c1-21-11-12(10-19-21)13-9-14(13)16(24)22-5-7-23(8-6-22)17-18-4-3-15(20-17)25-2/h3-4,10-11,13-14H,5-9H2,1-2H3/t13-,14+/m1/s1. The number of aryl methyl sites for hydroxylation is 1. The Morgan fingerprint density at radius 2 is 2.08 bits per heavy atom. The van der Waals surface area contributed by atoms with Crippen LogP contribution in [0.25, 0.3) is 0 Å². The molecule has 8 nitrogen and oxygen atoms in total. The average Bonchev–Trinajstić information content (AvgIpc) is 3.35. The number of rotatable bonds is 4. The van der Waals surface area contributed by atoms with Gasteiger partial charge in [0.15, 0.2) is 0 Å². The summed E-state index contributed by atoms with van der Waals surface area (Å²) in [6.45, 7) is 2.89. The van der Waals surface area contributed by atoms with Crippen LogP contribution in [-0.4, -0.2) is 63.8 Å². The molecule has 2 atom stereocenters. The van der Waals surface area contributed by atoms with Gasteiger partial charge >= 0.3 is 0 Å². The summed E-state index contributed by atoms with van der Waals surface area (Å²) in [5.74, 6) is 1.93. The lowest BCUT2D eigenvalue weighted by Gasteiger charge is -2.35. The smallest absolute Gasteiger partial charge is 0.228 e. The van der Waals surface area contributed by atoms with Crippen molar-refractivity contribution in [3.63, 3.8) is 0 Å². The van der Waals surface area contributed by atoms with Crippen LogP contribution in [0.2, 0.25) is 0 Å². The summed E-state index contributed by atoms with van der Waals surface area (Å²) >= 11 is 0. The molecule has 1 saturated carbocycles. The monoisotopic (exact) mass is 342 g/mol. The molecule has 3 heterocycles. The zero-order chi connectivity index (χ0) is 17.4. The fourth-order valence-electron chi connectivity index (χ4n) is 3.43. The van der Waals surface area contributed by atoms with Crippen molar-refractivity contribution in [1.82, 2.24) is 24.6 Å². The average molecular weight is 342 g/mol. The molecule has 0 unspecified atom stereocenters. The molecule has 0 spiro atoms. The summed E-state index contributed by atoms with van der Waals surface area (Å²) in [5.41, 5.74) is 1.17. The zero-order valence-electron chi connectivity index (χ0n) is 14.5. The Bertz CT molecular complexity index is 768. The van der Waals surface area contributed by atoms with Gasteiger partial charge in [-0.05, 0) is 17.9 Å². The Morgan fingerprint density at radius 1 is 1.28 bits per heavy atom. The molecule has 8 heteroatoms. The maximum absolute atomic E-state index is 12.7. The number of hydrogen-bond acceptors (Lipinski definition) is 6. The van der Waals surface area contributed by atoms with Gasteiger partial charge in [-0.1, -0.05) is 0 Å². The van der Waals surface area contributed by atoms with Gasteiger partial charge in [-0.25, -0.2) is 4.98 Å². The van der Waals surface area contributed by atoms with Crippen molar-refractivity contribution in [2.24, 2.45) is 13.0 Å².